The molecule has 3 aromatic rings. The summed E-state index contributed by atoms with van der Waals surface area (Å²) < 4.78 is 0. The maximum absolute atomic E-state index is 13.3. The summed E-state index contributed by atoms with van der Waals surface area (Å²) in [4.78, 5) is 30.0. The van der Waals surface area contributed by atoms with Crippen LogP contribution in [0.4, 0.5) is 0 Å². The zero-order valence-corrected chi connectivity index (χ0v) is 20.5. The van der Waals surface area contributed by atoms with E-state index in [4.69, 9.17) is 0 Å². The molecule has 0 aliphatic carbocycles. The molecule has 1 saturated heterocycles. The van der Waals surface area contributed by atoms with Gasteiger partial charge >= 0.3 is 0 Å². The van der Waals surface area contributed by atoms with Crippen LogP contribution >= 0.6 is 0 Å². The quantitative estimate of drug-likeness (QED) is 0.329. The van der Waals surface area contributed by atoms with Gasteiger partial charge in [0.1, 0.15) is 5.76 Å². The van der Waals surface area contributed by atoms with E-state index in [-0.39, 0.29) is 16.7 Å². The van der Waals surface area contributed by atoms with E-state index in [1.165, 1.54) is 0 Å². The molecule has 1 aliphatic heterocycles. The molecule has 0 spiro atoms. The number of benzene rings is 3. The normalized spacial score (nSPS) is 18.3. The van der Waals surface area contributed by atoms with Gasteiger partial charge in [-0.05, 0) is 41.4 Å². The maximum atomic E-state index is 13.3. The number of carbonyl (C=O) groups excluding carboxylic acids is 2. The molecule has 3 aromatic carbocycles. The van der Waals surface area contributed by atoms with E-state index in [2.05, 4.69) is 20.8 Å². The molecule has 1 atom stereocenters. The first-order chi connectivity index (χ1) is 16.1. The molecule has 0 saturated carbocycles. The second kappa shape index (κ2) is 9.07. The third-order valence-corrected chi connectivity index (χ3v) is 6.47. The highest BCUT2D eigenvalue weighted by Crippen LogP contribution is 2.40. The van der Waals surface area contributed by atoms with Crippen molar-refractivity contribution in [1.29, 1.82) is 0 Å². The number of hydrogen-bond acceptors (Lipinski definition) is 4. The lowest BCUT2D eigenvalue weighted by Crippen LogP contribution is -2.35. The van der Waals surface area contributed by atoms with E-state index in [0.29, 0.717) is 18.7 Å². The van der Waals surface area contributed by atoms with Crippen molar-refractivity contribution in [2.75, 3.05) is 27.2 Å². The van der Waals surface area contributed by atoms with Crippen LogP contribution in [0.25, 0.3) is 16.5 Å². The molecule has 1 aliphatic rings. The smallest absolute Gasteiger partial charge is 0.295 e. The summed E-state index contributed by atoms with van der Waals surface area (Å²) >= 11 is 0. The number of ketones is 1. The first-order valence-corrected chi connectivity index (χ1v) is 11.6. The standard InChI is InChI=1S/C29H32N2O3/c1-29(2,3)21-15-13-20(14-16-21)25-24(27(33)28(34)31(25)18-17-30(4)5)26(32)23-12-8-10-19-9-6-7-11-22(19)23/h6-16,25,32H,17-18H2,1-5H3/b26-24-. The van der Waals surface area contributed by atoms with Gasteiger partial charge in [-0.25, -0.2) is 0 Å². The number of nitrogens with zero attached hydrogens (tertiary/aromatic N) is 2. The number of fused-ring (bicyclic) bond motifs is 1. The predicted molar refractivity (Wildman–Crippen MR) is 137 cm³/mol. The van der Waals surface area contributed by atoms with Gasteiger partial charge in [0.2, 0.25) is 0 Å². The third kappa shape index (κ3) is 4.36. The van der Waals surface area contributed by atoms with Crippen LogP contribution in [0.2, 0.25) is 0 Å². The molecular formula is C29H32N2O3. The van der Waals surface area contributed by atoms with Crippen molar-refractivity contribution in [3.8, 4) is 0 Å². The van der Waals surface area contributed by atoms with Crippen LogP contribution in [-0.4, -0.2) is 53.8 Å². The van der Waals surface area contributed by atoms with Crippen LogP contribution < -0.4 is 0 Å². The van der Waals surface area contributed by atoms with Crippen LogP contribution in [0.5, 0.6) is 0 Å². The van der Waals surface area contributed by atoms with E-state index < -0.39 is 17.7 Å². The fraction of sp³-hybridized carbons (Fsp3) is 0.310. The molecule has 0 radical (unpaired) electrons. The minimum atomic E-state index is -0.645. The van der Waals surface area contributed by atoms with Gasteiger partial charge in [-0.3, -0.25) is 9.59 Å². The van der Waals surface area contributed by atoms with Crippen molar-refractivity contribution in [1.82, 2.24) is 9.80 Å². The summed E-state index contributed by atoms with van der Waals surface area (Å²) in [5.74, 6) is -1.35. The Morgan fingerprint density at radius 3 is 2.24 bits per heavy atom. The molecule has 4 rings (SSSR count). The predicted octanol–water partition coefficient (Wildman–Crippen LogP) is 5.12. The van der Waals surface area contributed by atoms with Gasteiger partial charge in [-0.1, -0.05) is 87.5 Å². The minimum Gasteiger partial charge on any atom is -0.507 e. The number of Topliss-reactive ketones (excluding diaryl/α,β-unsaturated/α-hetero) is 1. The topological polar surface area (TPSA) is 60.9 Å². The number of hydrogen-bond donors (Lipinski definition) is 1. The van der Waals surface area contributed by atoms with E-state index in [1.807, 2.05) is 79.7 Å². The molecule has 1 fully saturated rings. The van der Waals surface area contributed by atoms with Crippen LogP contribution in [-0.2, 0) is 15.0 Å². The van der Waals surface area contributed by atoms with Crippen LogP contribution in [0.1, 0.15) is 43.5 Å². The Bertz CT molecular complexity index is 1260. The molecule has 1 N–H and O–H groups in total. The summed E-state index contributed by atoms with van der Waals surface area (Å²) in [6.07, 6.45) is 0. The molecule has 1 heterocycles. The zero-order chi connectivity index (χ0) is 24.6. The molecule has 176 valence electrons. The first kappa shape index (κ1) is 23.7. The van der Waals surface area contributed by atoms with Crippen LogP contribution in [0.3, 0.4) is 0 Å². The van der Waals surface area contributed by atoms with Crippen molar-refractivity contribution in [3.63, 3.8) is 0 Å². The summed E-state index contributed by atoms with van der Waals surface area (Å²) in [6.45, 7) is 7.43. The Kier molecular flexibility index (Phi) is 6.32. The number of carbonyl (C=O) groups is 2. The second-order valence-electron chi connectivity index (χ2n) is 10.2. The fourth-order valence-corrected chi connectivity index (χ4v) is 4.51. The van der Waals surface area contributed by atoms with E-state index in [9.17, 15) is 14.7 Å². The molecule has 5 nitrogen and oxygen atoms in total. The SMILES string of the molecule is CN(C)CCN1C(=O)C(=O)/C(=C(\O)c2cccc3ccccc23)C1c1ccc(C(C)(C)C)cc1. The van der Waals surface area contributed by atoms with Crippen LogP contribution in [0.15, 0.2) is 72.3 Å². The summed E-state index contributed by atoms with van der Waals surface area (Å²) in [7, 11) is 3.86. The average Bonchev–Trinajstić information content (AvgIpc) is 3.06. The summed E-state index contributed by atoms with van der Waals surface area (Å²) in [6, 6.07) is 20.7. The van der Waals surface area contributed by atoms with Gasteiger partial charge in [0.25, 0.3) is 11.7 Å². The van der Waals surface area contributed by atoms with Crippen molar-refractivity contribution < 1.29 is 14.7 Å². The minimum absolute atomic E-state index is 0.0196. The molecule has 1 unspecified atom stereocenters. The average molecular weight is 457 g/mol. The number of likely N-dealkylation sites (tertiary alicyclic amines) is 1. The Balaban J connectivity index is 1.89. The highest BCUT2D eigenvalue weighted by atomic mass is 16.3. The van der Waals surface area contributed by atoms with Crippen LogP contribution in [0, 0.1) is 0 Å². The van der Waals surface area contributed by atoms with Gasteiger partial charge in [0, 0.05) is 18.7 Å². The van der Waals surface area contributed by atoms with E-state index >= 15 is 0 Å². The Morgan fingerprint density at radius 2 is 1.59 bits per heavy atom. The highest BCUT2D eigenvalue weighted by Gasteiger charge is 2.46. The van der Waals surface area contributed by atoms with E-state index in [1.54, 1.807) is 11.0 Å². The van der Waals surface area contributed by atoms with Gasteiger partial charge in [-0.15, -0.1) is 0 Å². The fourth-order valence-electron chi connectivity index (χ4n) is 4.51. The monoisotopic (exact) mass is 456 g/mol. The maximum Gasteiger partial charge on any atom is 0.295 e. The van der Waals surface area contributed by atoms with Crippen molar-refractivity contribution in [3.05, 3.63) is 89.0 Å². The van der Waals surface area contributed by atoms with Crippen molar-refractivity contribution in [2.24, 2.45) is 0 Å². The lowest BCUT2D eigenvalue weighted by molar-refractivity contribution is -0.140. The van der Waals surface area contributed by atoms with Crippen molar-refractivity contribution >= 4 is 28.2 Å². The molecule has 1 amide bonds. The van der Waals surface area contributed by atoms with Crippen molar-refractivity contribution in [2.45, 2.75) is 32.2 Å². The Labute approximate surface area is 201 Å². The number of amides is 1. The lowest BCUT2D eigenvalue weighted by atomic mass is 9.85. The first-order valence-electron chi connectivity index (χ1n) is 11.6. The van der Waals surface area contributed by atoms with E-state index in [0.717, 1.165) is 21.9 Å². The molecular weight excluding hydrogens is 424 g/mol. The highest BCUT2D eigenvalue weighted by molar-refractivity contribution is 6.46. The summed E-state index contributed by atoms with van der Waals surface area (Å²) in [5.41, 5.74) is 2.65. The Hall–Kier alpha value is -3.44. The molecule has 0 bridgehead atoms. The van der Waals surface area contributed by atoms with Gasteiger partial charge in [-0.2, -0.15) is 0 Å². The third-order valence-electron chi connectivity index (χ3n) is 6.47. The van der Waals surface area contributed by atoms with Gasteiger partial charge in [0.15, 0.2) is 0 Å². The number of aliphatic hydroxyl groups is 1. The largest absolute Gasteiger partial charge is 0.507 e. The van der Waals surface area contributed by atoms with Gasteiger partial charge < -0.3 is 14.9 Å². The lowest BCUT2D eigenvalue weighted by Gasteiger charge is -2.27. The second-order valence-corrected chi connectivity index (χ2v) is 10.2. The molecule has 0 aromatic heterocycles. The number of aliphatic hydroxyl groups excluding tert-OH is 1. The summed E-state index contributed by atoms with van der Waals surface area (Å²) in [5, 5.41) is 13.3. The zero-order valence-electron chi connectivity index (χ0n) is 20.5. The van der Waals surface area contributed by atoms with Gasteiger partial charge in [0.05, 0.1) is 11.6 Å². The number of rotatable bonds is 5. The molecule has 34 heavy (non-hydrogen) atoms. The molecule has 5 heteroatoms. The number of likely N-dealkylation sites (N-methyl/N-ethyl adjacent to an activating group) is 1. The Morgan fingerprint density at radius 1 is 0.941 bits per heavy atom.